The van der Waals surface area contributed by atoms with Gasteiger partial charge in [0.05, 0.1) is 25.5 Å². The average Bonchev–Trinajstić information content (AvgIpc) is 3.41. The molecule has 2 aliphatic carbocycles. The summed E-state index contributed by atoms with van der Waals surface area (Å²) in [6.07, 6.45) is 4.54. The summed E-state index contributed by atoms with van der Waals surface area (Å²) in [5.41, 5.74) is -0.432. The lowest BCUT2D eigenvalue weighted by Crippen LogP contribution is -2.61. The molecule has 0 unspecified atom stereocenters. The molecule has 1 aromatic carbocycles. The summed E-state index contributed by atoms with van der Waals surface area (Å²) in [4.78, 5) is 26.7. The zero-order chi connectivity index (χ0) is 26.6. The van der Waals surface area contributed by atoms with Gasteiger partial charge in [-0.1, -0.05) is 19.9 Å². The number of ether oxygens (including phenoxy) is 1. The van der Waals surface area contributed by atoms with Crippen molar-refractivity contribution < 1.29 is 29.0 Å². The number of carbonyl (C=O) groups is 2. The molecule has 9 heteroatoms. The number of furan rings is 1. The Morgan fingerprint density at radius 1 is 1.19 bits per heavy atom. The predicted octanol–water partition coefficient (Wildman–Crippen LogP) is 4.81. The highest BCUT2D eigenvalue weighted by Crippen LogP contribution is 2.61. The minimum atomic E-state index is -0.700. The van der Waals surface area contributed by atoms with Crippen LogP contribution < -0.4 is 10.6 Å². The van der Waals surface area contributed by atoms with Crippen LogP contribution >= 0.6 is 11.8 Å². The normalized spacial score (nSPS) is 31.3. The maximum absolute atomic E-state index is 12.8. The van der Waals surface area contributed by atoms with E-state index < -0.39 is 23.7 Å². The minimum absolute atomic E-state index is 0.0253. The first-order valence-electron chi connectivity index (χ1n) is 12.9. The summed E-state index contributed by atoms with van der Waals surface area (Å²) in [5.74, 6) is 0.240. The lowest BCUT2D eigenvalue weighted by atomic mass is 9.46. The van der Waals surface area contributed by atoms with Crippen molar-refractivity contribution >= 4 is 29.4 Å². The van der Waals surface area contributed by atoms with E-state index in [1.54, 1.807) is 30.2 Å². The van der Waals surface area contributed by atoms with E-state index in [4.69, 9.17) is 9.15 Å². The molecule has 2 aromatic rings. The van der Waals surface area contributed by atoms with Crippen LogP contribution in [-0.2, 0) is 16.1 Å². The van der Waals surface area contributed by atoms with E-state index in [0.29, 0.717) is 43.7 Å². The number of aliphatic hydroxyl groups is 2. The van der Waals surface area contributed by atoms with Crippen LogP contribution in [0.15, 0.2) is 52.0 Å². The average molecular weight is 531 g/mol. The van der Waals surface area contributed by atoms with E-state index in [0.717, 1.165) is 4.90 Å². The van der Waals surface area contributed by atoms with Crippen LogP contribution in [0, 0.1) is 22.7 Å². The number of aliphatic hydroxyl groups excluding tert-OH is 2. The van der Waals surface area contributed by atoms with Crippen molar-refractivity contribution in [2.75, 3.05) is 18.2 Å². The monoisotopic (exact) mass is 530 g/mol. The second-order valence-corrected chi connectivity index (χ2v) is 11.7. The van der Waals surface area contributed by atoms with Crippen molar-refractivity contribution in [3.05, 3.63) is 48.4 Å². The number of benzene rings is 1. The number of hydrogen-bond donors (Lipinski definition) is 4. The van der Waals surface area contributed by atoms with E-state index >= 15 is 0 Å². The predicted molar refractivity (Wildman–Crippen MR) is 142 cm³/mol. The number of carbonyl (C=O) groups excluding carboxylic acids is 2. The Kier molecular flexibility index (Phi) is 8.56. The first kappa shape index (κ1) is 27.5. The highest BCUT2D eigenvalue weighted by Gasteiger charge is 2.60. The van der Waals surface area contributed by atoms with Crippen LogP contribution in [0.1, 0.15) is 51.7 Å². The van der Waals surface area contributed by atoms with Crippen molar-refractivity contribution in [1.82, 2.24) is 5.32 Å². The fraction of sp³-hybridized carbons (Fsp3) is 0.571. The third kappa shape index (κ3) is 5.84. The number of thioether (sulfide) groups is 1. The molecule has 0 aliphatic heterocycles. The van der Waals surface area contributed by atoms with Crippen LogP contribution in [-0.4, -0.2) is 47.3 Å². The number of nitrogens with one attached hydrogen (secondary N) is 2. The van der Waals surface area contributed by atoms with Crippen LogP contribution in [0.25, 0.3) is 0 Å². The first-order valence-corrected chi connectivity index (χ1v) is 14.1. The standard InChI is InChI=1S/C28H38N2O6S/c1-27-12-11-24(36-26(34)30-18-6-4-8-20(14-18)37-3)28(2,17-31)23(27)10-9-22(32)21(27)15-25(33)29-16-19-7-5-13-35-19/h4-8,13-14,21-24,31-32H,9-12,15-17H2,1-3H3,(H,29,33)(H,30,34)/t21-,22-,23+,24-,27+,28+/m1/s1. The molecule has 0 spiro atoms. The Bertz CT molecular complexity index is 1080. The molecule has 4 rings (SSSR count). The zero-order valence-corrected chi connectivity index (χ0v) is 22.6. The highest BCUT2D eigenvalue weighted by atomic mass is 32.2. The van der Waals surface area contributed by atoms with Crippen molar-refractivity contribution in [3.8, 4) is 0 Å². The van der Waals surface area contributed by atoms with Crippen molar-refractivity contribution in [3.63, 3.8) is 0 Å². The molecule has 2 fully saturated rings. The number of anilines is 1. The van der Waals surface area contributed by atoms with Gasteiger partial charge in [0.2, 0.25) is 5.91 Å². The molecule has 0 radical (unpaired) electrons. The van der Waals surface area contributed by atoms with Gasteiger partial charge in [-0.2, -0.15) is 0 Å². The van der Waals surface area contributed by atoms with Gasteiger partial charge < -0.3 is 24.7 Å². The quantitative estimate of drug-likeness (QED) is 0.361. The van der Waals surface area contributed by atoms with Gasteiger partial charge in [-0.25, -0.2) is 4.79 Å². The summed E-state index contributed by atoms with van der Waals surface area (Å²) in [6.45, 7) is 4.23. The topological polar surface area (TPSA) is 121 Å². The van der Waals surface area contributed by atoms with E-state index in [-0.39, 0.29) is 36.2 Å². The molecule has 0 bridgehead atoms. The van der Waals surface area contributed by atoms with Gasteiger partial charge in [-0.3, -0.25) is 10.1 Å². The minimum Gasteiger partial charge on any atom is -0.467 e. The molecule has 4 N–H and O–H groups in total. The smallest absolute Gasteiger partial charge is 0.411 e. The van der Waals surface area contributed by atoms with Crippen molar-refractivity contribution in [1.29, 1.82) is 0 Å². The molecule has 2 saturated carbocycles. The summed E-state index contributed by atoms with van der Waals surface area (Å²) >= 11 is 1.59. The van der Waals surface area contributed by atoms with E-state index in [1.165, 1.54) is 0 Å². The Hall–Kier alpha value is -2.49. The number of rotatable bonds is 8. The number of amides is 2. The maximum Gasteiger partial charge on any atom is 0.411 e. The molecule has 8 nitrogen and oxygen atoms in total. The maximum atomic E-state index is 12.8. The van der Waals surface area contributed by atoms with Crippen molar-refractivity contribution in [2.24, 2.45) is 22.7 Å². The van der Waals surface area contributed by atoms with Gasteiger partial charge in [-0.15, -0.1) is 11.8 Å². The third-order valence-corrected chi connectivity index (χ3v) is 9.41. The van der Waals surface area contributed by atoms with E-state index in [2.05, 4.69) is 17.6 Å². The molecule has 202 valence electrons. The molecule has 2 amide bonds. The van der Waals surface area contributed by atoms with Gasteiger partial charge in [0.25, 0.3) is 0 Å². The second-order valence-electron chi connectivity index (χ2n) is 10.8. The van der Waals surface area contributed by atoms with Gasteiger partial charge in [-0.05, 0) is 79.5 Å². The molecule has 2 aliphatic rings. The summed E-state index contributed by atoms with van der Waals surface area (Å²) < 4.78 is 11.2. The fourth-order valence-electron chi connectivity index (χ4n) is 6.63. The lowest BCUT2D eigenvalue weighted by Gasteiger charge is -2.60. The Morgan fingerprint density at radius 3 is 2.70 bits per heavy atom. The highest BCUT2D eigenvalue weighted by molar-refractivity contribution is 7.98. The summed E-state index contributed by atoms with van der Waals surface area (Å²) in [5, 5.41) is 27.3. The SMILES string of the molecule is CSc1cccc(NC(=O)O[C@@H]2CC[C@]3(C)[C@H](CC[C@@H](O)[C@H]3CC(=O)NCc3ccco3)[C@]2(C)CO)c1. The Morgan fingerprint density at radius 2 is 2.00 bits per heavy atom. The largest absolute Gasteiger partial charge is 0.467 e. The van der Waals surface area contributed by atoms with Gasteiger partial charge >= 0.3 is 6.09 Å². The van der Waals surface area contributed by atoms with Crippen LogP contribution in [0.4, 0.5) is 10.5 Å². The summed E-state index contributed by atoms with van der Waals surface area (Å²) in [7, 11) is 0. The van der Waals surface area contributed by atoms with Crippen LogP contribution in [0.2, 0.25) is 0 Å². The fourth-order valence-corrected chi connectivity index (χ4v) is 7.09. The molecular formula is C28H38N2O6S. The van der Waals surface area contributed by atoms with Crippen LogP contribution in [0.3, 0.4) is 0 Å². The Labute approximate surface area is 222 Å². The Balaban J connectivity index is 1.45. The first-order chi connectivity index (χ1) is 17.7. The molecule has 1 heterocycles. The second kappa shape index (κ2) is 11.5. The molecule has 0 saturated heterocycles. The van der Waals surface area contributed by atoms with E-state index in [1.807, 2.05) is 37.4 Å². The molecular weight excluding hydrogens is 492 g/mol. The lowest BCUT2D eigenvalue weighted by molar-refractivity contribution is -0.185. The van der Waals surface area contributed by atoms with E-state index in [9.17, 15) is 19.8 Å². The van der Waals surface area contributed by atoms with Gasteiger partial charge in [0.1, 0.15) is 11.9 Å². The molecule has 37 heavy (non-hydrogen) atoms. The molecule has 6 atom stereocenters. The summed E-state index contributed by atoms with van der Waals surface area (Å²) in [6, 6.07) is 11.1. The number of hydrogen-bond acceptors (Lipinski definition) is 7. The number of fused-ring (bicyclic) bond motifs is 1. The third-order valence-electron chi connectivity index (χ3n) is 8.69. The van der Waals surface area contributed by atoms with Crippen LogP contribution in [0.5, 0.6) is 0 Å². The van der Waals surface area contributed by atoms with Gasteiger partial charge in [0, 0.05) is 22.4 Å². The van der Waals surface area contributed by atoms with Gasteiger partial charge in [0.15, 0.2) is 0 Å². The molecule has 1 aromatic heterocycles. The van der Waals surface area contributed by atoms with Crippen molar-refractivity contribution in [2.45, 2.75) is 69.6 Å². The zero-order valence-electron chi connectivity index (χ0n) is 21.7.